The minimum absolute atomic E-state index is 0.0825. The number of nitrogens with one attached hydrogen (secondary N) is 1. The maximum Gasteiger partial charge on any atom is 0.251 e. The largest absolute Gasteiger partial charge is 0.489 e. The number of carbonyl (C=O) groups excluding carboxylic acids is 2. The van der Waals surface area contributed by atoms with E-state index in [2.05, 4.69) is 5.32 Å². The van der Waals surface area contributed by atoms with Crippen LogP contribution in [0.15, 0.2) is 54.6 Å². The standard InChI is InChI=1S/C21H24N2O3/c1-16(24)23-13-11-19(12-14-23)22-21(25)18-7-9-20(10-8-18)26-15-17-5-3-2-4-6-17/h2-10,19H,11-15H2,1H3,(H,22,25). The smallest absolute Gasteiger partial charge is 0.251 e. The Balaban J connectivity index is 1.48. The number of rotatable bonds is 5. The predicted molar refractivity (Wildman–Crippen MR) is 100.0 cm³/mol. The van der Waals surface area contributed by atoms with Gasteiger partial charge < -0.3 is 15.0 Å². The molecule has 0 aromatic heterocycles. The van der Waals surface area contributed by atoms with Gasteiger partial charge in [-0.15, -0.1) is 0 Å². The molecule has 0 radical (unpaired) electrons. The molecule has 1 aliphatic heterocycles. The molecular formula is C21H24N2O3. The molecule has 0 unspecified atom stereocenters. The molecule has 26 heavy (non-hydrogen) atoms. The van der Waals surface area contributed by atoms with E-state index >= 15 is 0 Å². The molecule has 5 nitrogen and oxygen atoms in total. The molecule has 136 valence electrons. The third-order valence-electron chi connectivity index (χ3n) is 4.64. The highest BCUT2D eigenvalue weighted by atomic mass is 16.5. The van der Waals surface area contributed by atoms with Gasteiger partial charge in [0, 0.05) is 31.6 Å². The summed E-state index contributed by atoms with van der Waals surface area (Å²) in [6, 6.07) is 17.3. The number of piperidine rings is 1. The lowest BCUT2D eigenvalue weighted by atomic mass is 10.0. The van der Waals surface area contributed by atoms with Gasteiger partial charge >= 0.3 is 0 Å². The summed E-state index contributed by atoms with van der Waals surface area (Å²) in [4.78, 5) is 25.6. The fraction of sp³-hybridized carbons (Fsp3) is 0.333. The van der Waals surface area contributed by atoms with Gasteiger partial charge in [-0.1, -0.05) is 30.3 Å². The summed E-state index contributed by atoms with van der Waals surface area (Å²) in [6.45, 7) is 3.49. The van der Waals surface area contributed by atoms with Gasteiger partial charge in [0.05, 0.1) is 0 Å². The van der Waals surface area contributed by atoms with Crippen LogP contribution in [0, 0.1) is 0 Å². The van der Waals surface area contributed by atoms with Gasteiger partial charge in [-0.25, -0.2) is 0 Å². The molecule has 1 aliphatic rings. The summed E-state index contributed by atoms with van der Waals surface area (Å²) in [6.07, 6.45) is 1.59. The van der Waals surface area contributed by atoms with Crippen LogP contribution in [0.25, 0.3) is 0 Å². The van der Waals surface area contributed by atoms with Crippen LogP contribution in [-0.4, -0.2) is 35.8 Å². The summed E-state index contributed by atoms with van der Waals surface area (Å²) >= 11 is 0. The Hall–Kier alpha value is -2.82. The zero-order valence-electron chi connectivity index (χ0n) is 15.0. The number of benzene rings is 2. The summed E-state index contributed by atoms with van der Waals surface area (Å²) in [5.41, 5.74) is 1.72. The third-order valence-corrected chi connectivity index (χ3v) is 4.64. The van der Waals surface area contributed by atoms with Crippen LogP contribution in [0.1, 0.15) is 35.7 Å². The SMILES string of the molecule is CC(=O)N1CCC(NC(=O)c2ccc(OCc3ccccc3)cc2)CC1. The van der Waals surface area contributed by atoms with Crippen LogP contribution in [0.2, 0.25) is 0 Å². The van der Waals surface area contributed by atoms with Crippen molar-refractivity contribution in [2.75, 3.05) is 13.1 Å². The average Bonchev–Trinajstić information content (AvgIpc) is 2.68. The van der Waals surface area contributed by atoms with Crippen molar-refractivity contribution in [1.29, 1.82) is 0 Å². The predicted octanol–water partition coefficient (Wildman–Crippen LogP) is 3.01. The number of carbonyl (C=O) groups is 2. The highest BCUT2D eigenvalue weighted by molar-refractivity contribution is 5.94. The molecule has 2 aromatic rings. The molecule has 1 saturated heterocycles. The van der Waals surface area contributed by atoms with Crippen LogP contribution in [0.5, 0.6) is 5.75 Å². The van der Waals surface area contributed by atoms with Crippen LogP contribution >= 0.6 is 0 Å². The second-order valence-corrected chi connectivity index (χ2v) is 6.55. The fourth-order valence-electron chi connectivity index (χ4n) is 3.05. The number of likely N-dealkylation sites (tertiary alicyclic amines) is 1. The Kier molecular flexibility index (Phi) is 5.89. The average molecular weight is 352 g/mol. The van der Waals surface area contributed by atoms with Crippen molar-refractivity contribution in [3.8, 4) is 5.75 Å². The molecule has 1 fully saturated rings. The molecule has 2 amide bonds. The minimum Gasteiger partial charge on any atom is -0.489 e. The van der Waals surface area contributed by atoms with Crippen molar-refractivity contribution < 1.29 is 14.3 Å². The molecule has 0 atom stereocenters. The molecular weight excluding hydrogens is 328 g/mol. The van der Waals surface area contributed by atoms with Gasteiger partial charge in [-0.3, -0.25) is 9.59 Å². The normalized spacial score (nSPS) is 14.7. The molecule has 3 rings (SSSR count). The first-order chi connectivity index (χ1) is 12.6. The first-order valence-corrected chi connectivity index (χ1v) is 8.95. The molecule has 1 N–H and O–H groups in total. The summed E-state index contributed by atoms with van der Waals surface area (Å²) in [5.74, 6) is 0.752. The van der Waals surface area contributed by atoms with E-state index in [1.807, 2.05) is 47.4 Å². The zero-order chi connectivity index (χ0) is 18.4. The van der Waals surface area contributed by atoms with Crippen LogP contribution < -0.4 is 10.1 Å². The Bertz CT molecular complexity index is 736. The Morgan fingerprint density at radius 3 is 2.31 bits per heavy atom. The Morgan fingerprint density at radius 2 is 1.69 bits per heavy atom. The van der Waals surface area contributed by atoms with Gasteiger partial charge in [0.1, 0.15) is 12.4 Å². The molecule has 5 heteroatoms. The highest BCUT2D eigenvalue weighted by Crippen LogP contribution is 2.16. The van der Waals surface area contributed by atoms with Crippen molar-refractivity contribution in [2.24, 2.45) is 0 Å². The molecule has 2 aromatic carbocycles. The first kappa shape index (κ1) is 18.0. The lowest BCUT2D eigenvalue weighted by Crippen LogP contribution is -2.45. The van der Waals surface area contributed by atoms with Crippen molar-refractivity contribution in [1.82, 2.24) is 10.2 Å². The van der Waals surface area contributed by atoms with E-state index in [0.29, 0.717) is 25.3 Å². The van der Waals surface area contributed by atoms with Crippen LogP contribution in [-0.2, 0) is 11.4 Å². The zero-order valence-corrected chi connectivity index (χ0v) is 15.0. The maximum absolute atomic E-state index is 12.4. The number of hydrogen-bond donors (Lipinski definition) is 1. The number of ether oxygens (including phenoxy) is 1. The van der Waals surface area contributed by atoms with E-state index < -0.39 is 0 Å². The van der Waals surface area contributed by atoms with Gasteiger partial charge in [-0.05, 0) is 42.7 Å². The number of nitrogens with zero attached hydrogens (tertiary/aromatic N) is 1. The van der Waals surface area contributed by atoms with Crippen molar-refractivity contribution in [2.45, 2.75) is 32.4 Å². The van der Waals surface area contributed by atoms with E-state index in [0.717, 1.165) is 24.2 Å². The molecule has 0 bridgehead atoms. The van der Waals surface area contributed by atoms with Crippen molar-refractivity contribution >= 4 is 11.8 Å². The van der Waals surface area contributed by atoms with E-state index in [9.17, 15) is 9.59 Å². The van der Waals surface area contributed by atoms with Crippen molar-refractivity contribution in [3.05, 3.63) is 65.7 Å². The molecule has 0 saturated carbocycles. The molecule has 0 spiro atoms. The Labute approximate surface area is 154 Å². The quantitative estimate of drug-likeness (QED) is 0.900. The van der Waals surface area contributed by atoms with E-state index in [1.165, 1.54) is 0 Å². The number of amides is 2. The van der Waals surface area contributed by atoms with Gasteiger partial charge in [0.15, 0.2) is 0 Å². The first-order valence-electron chi connectivity index (χ1n) is 8.95. The van der Waals surface area contributed by atoms with Crippen LogP contribution in [0.4, 0.5) is 0 Å². The van der Waals surface area contributed by atoms with Gasteiger partial charge in [0.25, 0.3) is 5.91 Å². The Morgan fingerprint density at radius 1 is 1.04 bits per heavy atom. The minimum atomic E-state index is -0.0825. The molecule has 0 aliphatic carbocycles. The highest BCUT2D eigenvalue weighted by Gasteiger charge is 2.22. The van der Waals surface area contributed by atoms with E-state index in [1.54, 1.807) is 19.1 Å². The van der Waals surface area contributed by atoms with Gasteiger partial charge in [-0.2, -0.15) is 0 Å². The summed E-state index contributed by atoms with van der Waals surface area (Å²) in [7, 11) is 0. The maximum atomic E-state index is 12.4. The summed E-state index contributed by atoms with van der Waals surface area (Å²) < 4.78 is 5.74. The second kappa shape index (κ2) is 8.52. The third kappa shape index (κ3) is 4.85. The van der Waals surface area contributed by atoms with E-state index in [-0.39, 0.29) is 17.9 Å². The second-order valence-electron chi connectivity index (χ2n) is 6.55. The fourth-order valence-corrected chi connectivity index (χ4v) is 3.05. The van der Waals surface area contributed by atoms with Gasteiger partial charge in [0.2, 0.25) is 5.91 Å². The topological polar surface area (TPSA) is 58.6 Å². The summed E-state index contributed by atoms with van der Waals surface area (Å²) in [5, 5.41) is 3.05. The van der Waals surface area contributed by atoms with Crippen molar-refractivity contribution in [3.63, 3.8) is 0 Å². The monoisotopic (exact) mass is 352 g/mol. The number of hydrogen-bond acceptors (Lipinski definition) is 3. The van der Waals surface area contributed by atoms with E-state index in [4.69, 9.17) is 4.74 Å². The molecule has 1 heterocycles. The lowest BCUT2D eigenvalue weighted by molar-refractivity contribution is -0.129. The lowest BCUT2D eigenvalue weighted by Gasteiger charge is -2.31. The van der Waals surface area contributed by atoms with Crippen LogP contribution in [0.3, 0.4) is 0 Å².